The molecule has 3 heterocycles. The zero-order chi connectivity index (χ0) is 20.3. The van der Waals surface area contributed by atoms with Crippen molar-refractivity contribution in [1.82, 2.24) is 14.5 Å². The van der Waals surface area contributed by atoms with E-state index in [-0.39, 0.29) is 10.6 Å². The van der Waals surface area contributed by atoms with Crippen LogP contribution in [0.4, 0.5) is 13.2 Å². The van der Waals surface area contributed by atoms with Crippen LogP contribution in [0.2, 0.25) is 0 Å². The minimum Gasteiger partial charge on any atom is -0.435 e. The number of alkyl halides is 2. The van der Waals surface area contributed by atoms with Gasteiger partial charge in [0.1, 0.15) is 11.6 Å². The topological polar surface area (TPSA) is 75.3 Å². The average molecular weight is 421 g/mol. The van der Waals surface area contributed by atoms with Gasteiger partial charge in [-0.15, -0.1) is 0 Å². The third-order valence-corrected chi connectivity index (χ3v) is 7.24. The number of aromatic amines is 1. The molecule has 10 heteroatoms. The van der Waals surface area contributed by atoms with Gasteiger partial charge in [0, 0.05) is 23.2 Å². The van der Waals surface area contributed by atoms with Crippen molar-refractivity contribution in [2.24, 2.45) is 0 Å². The third-order valence-electron chi connectivity index (χ3n) is 5.35. The second-order valence-corrected chi connectivity index (χ2v) is 8.70. The van der Waals surface area contributed by atoms with Gasteiger partial charge >= 0.3 is 6.61 Å². The molecule has 0 unspecified atom stereocenters. The minimum atomic E-state index is -4.07. The first kappa shape index (κ1) is 18.2. The number of aromatic nitrogens is 2. The Balaban J connectivity index is 1.62. The number of rotatable bonds is 4. The summed E-state index contributed by atoms with van der Waals surface area (Å²) in [4.78, 5) is -0.0886. The molecule has 29 heavy (non-hydrogen) atoms. The maximum Gasteiger partial charge on any atom is 0.387 e. The van der Waals surface area contributed by atoms with E-state index in [4.69, 9.17) is 0 Å². The van der Waals surface area contributed by atoms with E-state index >= 15 is 0 Å². The predicted octanol–water partition coefficient (Wildman–Crippen LogP) is 3.54. The number of nitrogens with zero attached hydrogens (tertiary/aromatic N) is 2. The van der Waals surface area contributed by atoms with Gasteiger partial charge < -0.3 is 4.74 Å². The SMILES string of the molecule is O=S(=O)(c1ccc(OC(F)F)cc1)N1[C@H]2c3cn[nH]c3C[C@@H]1c1cccc(F)c12. The fourth-order valence-electron chi connectivity index (χ4n) is 4.21. The number of hydrogen-bond donors (Lipinski definition) is 1. The standard InChI is InChI=1S/C19H14F3N3O3S/c20-14-3-1-2-12-16-8-15-13(9-23-24-15)18(17(12)14)25(16)29(26,27)11-6-4-10(5-7-11)28-19(21)22/h1-7,9,16,18-19H,8H2,(H,23,24)/t16-,18+/m1/s1. The fourth-order valence-corrected chi connectivity index (χ4v) is 5.95. The summed E-state index contributed by atoms with van der Waals surface area (Å²) >= 11 is 0. The number of fused-ring (bicyclic) bond motifs is 7. The van der Waals surface area contributed by atoms with E-state index < -0.39 is 34.5 Å². The van der Waals surface area contributed by atoms with E-state index in [1.54, 1.807) is 12.1 Å². The largest absolute Gasteiger partial charge is 0.435 e. The highest BCUT2D eigenvalue weighted by molar-refractivity contribution is 7.89. The predicted molar refractivity (Wildman–Crippen MR) is 95.4 cm³/mol. The van der Waals surface area contributed by atoms with Crippen molar-refractivity contribution in [1.29, 1.82) is 0 Å². The molecule has 0 fully saturated rings. The van der Waals surface area contributed by atoms with Crippen LogP contribution in [0.1, 0.15) is 34.5 Å². The van der Waals surface area contributed by atoms with E-state index in [0.29, 0.717) is 23.1 Å². The Kier molecular flexibility index (Phi) is 3.97. The van der Waals surface area contributed by atoms with E-state index in [0.717, 1.165) is 5.69 Å². The second kappa shape index (κ2) is 6.33. The Morgan fingerprint density at radius 2 is 1.90 bits per heavy atom. The summed E-state index contributed by atoms with van der Waals surface area (Å²) in [5.74, 6) is -0.628. The quantitative estimate of drug-likeness (QED) is 0.699. The van der Waals surface area contributed by atoms with E-state index in [1.165, 1.54) is 40.8 Å². The van der Waals surface area contributed by atoms with Crippen LogP contribution < -0.4 is 4.74 Å². The van der Waals surface area contributed by atoms with Crippen molar-refractivity contribution in [2.75, 3.05) is 0 Å². The number of H-pyrrole nitrogens is 1. The van der Waals surface area contributed by atoms with E-state index in [9.17, 15) is 21.6 Å². The molecule has 0 aliphatic carbocycles. The van der Waals surface area contributed by atoms with Gasteiger partial charge in [-0.05, 0) is 35.9 Å². The smallest absolute Gasteiger partial charge is 0.387 e. The molecule has 1 N–H and O–H groups in total. The first-order chi connectivity index (χ1) is 13.9. The number of nitrogens with one attached hydrogen (secondary N) is 1. The van der Waals surface area contributed by atoms with Crippen molar-refractivity contribution in [3.8, 4) is 5.75 Å². The lowest BCUT2D eigenvalue weighted by Crippen LogP contribution is -2.37. The van der Waals surface area contributed by atoms with Crippen LogP contribution in [0.3, 0.4) is 0 Å². The summed E-state index contributed by atoms with van der Waals surface area (Å²) in [5, 5.41) is 6.87. The molecule has 1 aromatic heterocycles. The molecule has 0 saturated heterocycles. The fraction of sp³-hybridized carbons (Fsp3) is 0.211. The van der Waals surface area contributed by atoms with Crippen LogP contribution >= 0.6 is 0 Å². The van der Waals surface area contributed by atoms with Crippen molar-refractivity contribution in [3.05, 3.63) is 76.9 Å². The first-order valence-electron chi connectivity index (χ1n) is 8.77. The molecule has 2 bridgehead atoms. The third kappa shape index (κ3) is 2.66. The van der Waals surface area contributed by atoms with Gasteiger partial charge in [-0.2, -0.15) is 18.2 Å². The van der Waals surface area contributed by atoms with E-state index in [2.05, 4.69) is 14.9 Å². The molecule has 0 radical (unpaired) electrons. The van der Waals surface area contributed by atoms with Crippen molar-refractivity contribution in [2.45, 2.75) is 30.0 Å². The maximum atomic E-state index is 14.7. The van der Waals surface area contributed by atoms with Crippen LogP contribution in [0.15, 0.2) is 53.6 Å². The monoisotopic (exact) mass is 421 g/mol. The molecular weight excluding hydrogens is 407 g/mol. The van der Waals surface area contributed by atoms with Crippen LogP contribution in [0, 0.1) is 5.82 Å². The molecule has 2 aliphatic heterocycles. The summed E-state index contributed by atoms with van der Waals surface area (Å²) in [5.41, 5.74) is 2.30. The average Bonchev–Trinajstić information content (AvgIpc) is 3.24. The van der Waals surface area contributed by atoms with Crippen molar-refractivity contribution in [3.63, 3.8) is 0 Å². The summed E-state index contributed by atoms with van der Waals surface area (Å²) in [7, 11) is -4.07. The van der Waals surface area contributed by atoms with Gasteiger partial charge in [0.05, 0.1) is 23.2 Å². The van der Waals surface area contributed by atoms with Crippen molar-refractivity contribution < 1.29 is 26.3 Å². The lowest BCUT2D eigenvalue weighted by Gasteiger charge is -2.33. The number of sulfonamides is 1. The van der Waals surface area contributed by atoms with Crippen LogP contribution in [-0.4, -0.2) is 29.5 Å². The van der Waals surface area contributed by atoms with Gasteiger partial charge in [-0.25, -0.2) is 12.8 Å². The molecule has 2 aliphatic rings. The molecule has 2 atom stereocenters. The summed E-state index contributed by atoms with van der Waals surface area (Å²) in [6, 6.07) is 7.90. The number of benzene rings is 2. The Labute approximate surface area is 164 Å². The molecule has 6 nitrogen and oxygen atoms in total. The van der Waals surface area contributed by atoms with Gasteiger partial charge in [-0.3, -0.25) is 5.10 Å². The van der Waals surface area contributed by atoms with Crippen LogP contribution in [0.5, 0.6) is 5.75 Å². The van der Waals surface area contributed by atoms with Gasteiger partial charge in [0.2, 0.25) is 10.0 Å². The van der Waals surface area contributed by atoms with Gasteiger partial charge in [0.15, 0.2) is 0 Å². The summed E-state index contributed by atoms with van der Waals surface area (Å²) in [6.45, 7) is -3.01. The summed E-state index contributed by atoms with van der Waals surface area (Å²) in [6.07, 6.45) is 1.84. The molecule has 3 aromatic rings. The highest BCUT2D eigenvalue weighted by Gasteiger charge is 2.51. The van der Waals surface area contributed by atoms with E-state index in [1.807, 2.05) is 0 Å². The van der Waals surface area contributed by atoms with Gasteiger partial charge in [0.25, 0.3) is 0 Å². The van der Waals surface area contributed by atoms with Crippen molar-refractivity contribution >= 4 is 10.0 Å². The number of ether oxygens (including phenoxy) is 1. The molecule has 2 aromatic carbocycles. The second-order valence-electron chi connectivity index (χ2n) is 6.85. The zero-order valence-electron chi connectivity index (χ0n) is 14.7. The Morgan fingerprint density at radius 1 is 1.14 bits per heavy atom. The molecule has 0 amide bonds. The van der Waals surface area contributed by atoms with Crippen LogP contribution in [-0.2, 0) is 16.4 Å². The van der Waals surface area contributed by atoms with Crippen LogP contribution in [0.25, 0.3) is 0 Å². The lowest BCUT2D eigenvalue weighted by molar-refractivity contribution is -0.0498. The normalized spacial score (nSPS) is 20.6. The molecule has 0 spiro atoms. The Morgan fingerprint density at radius 3 is 2.62 bits per heavy atom. The minimum absolute atomic E-state index is 0.0886. The molecular formula is C19H14F3N3O3S. The lowest BCUT2D eigenvalue weighted by atomic mass is 10.00. The Hall–Kier alpha value is -2.85. The molecule has 5 rings (SSSR count). The zero-order valence-corrected chi connectivity index (χ0v) is 15.5. The molecule has 150 valence electrons. The maximum absolute atomic E-state index is 14.7. The highest BCUT2D eigenvalue weighted by Crippen LogP contribution is 2.54. The van der Waals surface area contributed by atoms with Gasteiger partial charge in [-0.1, -0.05) is 12.1 Å². The summed E-state index contributed by atoms with van der Waals surface area (Å²) < 4.78 is 72.0. The number of halogens is 3. The first-order valence-corrected chi connectivity index (χ1v) is 10.2. The number of hydrogen-bond acceptors (Lipinski definition) is 4. The molecule has 0 saturated carbocycles. The highest BCUT2D eigenvalue weighted by atomic mass is 32.2. The Bertz CT molecular complexity index is 1190.